The number of benzene rings is 3. The van der Waals surface area contributed by atoms with E-state index in [0.717, 1.165) is 17.1 Å². The van der Waals surface area contributed by atoms with Crippen LogP contribution >= 0.6 is 11.3 Å². The number of nitrogens with one attached hydrogen (secondary N) is 1. The Morgan fingerprint density at radius 2 is 1.57 bits per heavy atom. The number of para-hydroxylation sites is 1. The number of anilines is 1. The largest absolute Gasteiger partial charge is 0.465 e. The van der Waals surface area contributed by atoms with Gasteiger partial charge in [0.05, 0.1) is 28.9 Å². The number of hydrogen-bond donors (Lipinski definition) is 1. The summed E-state index contributed by atoms with van der Waals surface area (Å²) in [4.78, 5) is 44.6. The van der Waals surface area contributed by atoms with E-state index in [1.807, 2.05) is 0 Å². The minimum absolute atomic E-state index is 0.0631. The molecule has 42 heavy (non-hydrogen) atoms. The van der Waals surface area contributed by atoms with Gasteiger partial charge >= 0.3 is 12.1 Å². The van der Waals surface area contributed by atoms with Crippen LogP contribution in [0.25, 0.3) is 11.1 Å². The second-order valence-corrected chi connectivity index (χ2v) is 10.6. The Morgan fingerprint density at radius 1 is 0.929 bits per heavy atom. The molecule has 0 bridgehead atoms. The van der Waals surface area contributed by atoms with Crippen molar-refractivity contribution in [2.45, 2.75) is 24.9 Å². The maximum Gasteiger partial charge on any atom is 0.416 e. The number of thiazole rings is 1. The van der Waals surface area contributed by atoms with Gasteiger partial charge in [-0.1, -0.05) is 42.5 Å². The van der Waals surface area contributed by atoms with Gasteiger partial charge in [-0.2, -0.15) is 13.2 Å². The first-order valence-corrected chi connectivity index (χ1v) is 14.0. The number of piperidine rings is 1. The van der Waals surface area contributed by atoms with E-state index in [-0.39, 0.29) is 23.1 Å². The van der Waals surface area contributed by atoms with Gasteiger partial charge in [-0.25, -0.2) is 9.78 Å². The van der Waals surface area contributed by atoms with E-state index in [9.17, 15) is 27.6 Å². The lowest BCUT2D eigenvalue weighted by Gasteiger charge is -2.31. The molecule has 3 aromatic carbocycles. The molecule has 1 aromatic heterocycles. The van der Waals surface area contributed by atoms with E-state index in [1.54, 1.807) is 58.8 Å². The average molecular weight is 594 g/mol. The molecule has 1 N–H and O–H groups in total. The molecule has 11 heteroatoms. The molecule has 4 aromatic rings. The normalized spacial score (nSPS) is 14.0. The van der Waals surface area contributed by atoms with E-state index in [1.165, 1.54) is 30.6 Å². The van der Waals surface area contributed by atoms with E-state index < -0.39 is 23.6 Å². The number of methoxy groups -OCH3 is 1. The minimum Gasteiger partial charge on any atom is -0.465 e. The number of esters is 1. The van der Waals surface area contributed by atoms with Gasteiger partial charge in [0.1, 0.15) is 5.69 Å². The van der Waals surface area contributed by atoms with Crippen LogP contribution < -0.4 is 5.32 Å². The Hall–Kier alpha value is -4.51. The van der Waals surface area contributed by atoms with Gasteiger partial charge < -0.3 is 15.0 Å². The number of amides is 2. The van der Waals surface area contributed by atoms with Crippen molar-refractivity contribution in [2.24, 2.45) is 0 Å². The van der Waals surface area contributed by atoms with Gasteiger partial charge in [-0.15, -0.1) is 11.3 Å². The monoisotopic (exact) mass is 593 g/mol. The third kappa shape index (κ3) is 6.20. The highest BCUT2D eigenvalue weighted by Gasteiger charge is 2.31. The lowest BCUT2D eigenvalue weighted by Crippen LogP contribution is -2.38. The quantitative estimate of drug-likeness (QED) is 0.246. The molecule has 0 aliphatic carbocycles. The smallest absolute Gasteiger partial charge is 0.416 e. The van der Waals surface area contributed by atoms with E-state index in [2.05, 4.69) is 10.3 Å². The Bertz CT molecular complexity index is 1610. The maximum absolute atomic E-state index is 13.5. The molecule has 0 radical (unpaired) electrons. The minimum atomic E-state index is -4.43. The zero-order valence-electron chi connectivity index (χ0n) is 22.5. The summed E-state index contributed by atoms with van der Waals surface area (Å²) in [6.45, 7) is 0.941. The molecule has 2 heterocycles. The van der Waals surface area contributed by atoms with E-state index in [0.29, 0.717) is 48.3 Å². The molecule has 0 saturated carbocycles. The molecule has 1 fully saturated rings. The Balaban J connectivity index is 1.23. The summed E-state index contributed by atoms with van der Waals surface area (Å²) in [7, 11) is 1.27. The summed E-state index contributed by atoms with van der Waals surface area (Å²) in [5.74, 6) is -1.13. The van der Waals surface area contributed by atoms with Crippen molar-refractivity contribution < 1.29 is 32.3 Å². The third-order valence-electron chi connectivity index (χ3n) is 7.15. The molecule has 1 aliphatic rings. The number of carbonyl (C=O) groups is 3. The number of aromatic nitrogens is 1. The molecule has 0 spiro atoms. The number of likely N-dealkylation sites (tertiary alicyclic amines) is 1. The highest BCUT2D eigenvalue weighted by Crippen LogP contribution is 2.34. The molecular formula is C31H26F3N3O4S. The number of halogens is 3. The topological polar surface area (TPSA) is 88.6 Å². The highest BCUT2D eigenvalue weighted by atomic mass is 32.1. The zero-order valence-corrected chi connectivity index (χ0v) is 23.3. The average Bonchev–Trinajstić information content (AvgIpc) is 3.51. The first-order valence-electron chi connectivity index (χ1n) is 13.2. The van der Waals surface area contributed by atoms with Crippen LogP contribution in [0.2, 0.25) is 0 Å². The third-order valence-corrected chi connectivity index (χ3v) is 8.15. The summed E-state index contributed by atoms with van der Waals surface area (Å²) < 4.78 is 43.8. The second-order valence-electron chi connectivity index (χ2n) is 9.75. The first-order chi connectivity index (χ1) is 20.2. The number of carbonyl (C=O) groups excluding carboxylic acids is 3. The van der Waals surface area contributed by atoms with Gasteiger partial charge in [-0.3, -0.25) is 9.59 Å². The Kier molecular flexibility index (Phi) is 8.39. The molecule has 1 aliphatic heterocycles. The Labute approximate surface area is 244 Å². The molecule has 5 rings (SSSR count). The van der Waals surface area contributed by atoms with Crippen LogP contribution in [0.4, 0.5) is 18.9 Å². The van der Waals surface area contributed by atoms with E-state index >= 15 is 0 Å². The van der Waals surface area contributed by atoms with Crippen molar-refractivity contribution in [1.82, 2.24) is 9.88 Å². The first kappa shape index (κ1) is 29.0. The Morgan fingerprint density at radius 3 is 2.24 bits per heavy atom. The lowest BCUT2D eigenvalue weighted by molar-refractivity contribution is -0.137. The predicted molar refractivity (Wildman–Crippen MR) is 153 cm³/mol. The van der Waals surface area contributed by atoms with Crippen LogP contribution in [-0.2, 0) is 10.9 Å². The highest BCUT2D eigenvalue weighted by molar-refractivity contribution is 7.10. The number of alkyl halides is 3. The number of nitrogens with zero attached hydrogens (tertiary/aromatic N) is 2. The predicted octanol–water partition coefficient (Wildman–Crippen LogP) is 6.89. The molecule has 0 unspecified atom stereocenters. The number of rotatable bonds is 6. The molecule has 1 saturated heterocycles. The zero-order chi connectivity index (χ0) is 29.9. The summed E-state index contributed by atoms with van der Waals surface area (Å²) in [6.07, 6.45) is -3.14. The van der Waals surface area contributed by atoms with Crippen molar-refractivity contribution in [3.8, 4) is 11.1 Å². The summed E-state index contributed by atoms with van der Waals surface area (Å²) >= 11 is 1.37. The lowest BCUT2D eigenvalue weighted by atomic mass is 9.94. The van der Waals surface area contributed by atoms with Gasteiger partial charge in [0.25, 0.3) is 11.8 Å². The van der Waals surface area contributed by atoms with Crippen LogP contribution in [0, 0.1) is 0 Å². The molecular weight excluding hydrogens is 567 g/mol. The van der Waals surface area contributed by atoms with Crippen molar-refractivity contribution in [3.05, 3.63) is 106 Å². The van der Waals surface area contributed by atoms with Crippen LogP contribution in [0.1, 0.15) is 60.5 Å². The van der Waals surface area contributed by atoms with Crippen molar-refractivity contribution in [2.75, 3.05) is 25.5 Å². The van der Waals surface area contributed by atoms with Crippen LogP contribution in [0.5, 0.6) is 0 Å². The van der Waals surface area contributed by atoms with Gasteiger partial charge in [0.15, 0.2) is 0 Å². The summed E-state index contributed by atoms with van der Waals surface area (Å²) in [5, 5.41) is 5.18. The molecule has 0 atom stereocenters. The fourth-order valence-electron chi connectivity index (χ4n) is 4.91. The van der Waals surface area contributed by atoms with Crippen LogP contribution in [0.3, 0.4) is 0 Å². The van der Waals surface area contributed by atoms with Crippen molar-refractivity contribution >= 4 is 34.8 Å². The van der Waals surface area contributed by atoms with Crippen molar-refractivity contribution in [1.29, 1.82) is 0 Å². The van der Waals surface area contributed by atoms with Crippen molar-refractivity contribution in [3.63, 3.8) is 0 Å². The number of ether oxygens (including phenoxy) is 1. The van der Waals surface area contributed by atoms with Crippen LogP contribution in [-0.4, -0.2) is 47.9 Å². The molecule has 2 amide bonds. The fraction of sp³-hybridized carbons (Fsp3) is 0.226. The second kappa shape index (κ2) is 12.2. The van der Waals surface area contributed by atoms with Crippen LogP contribution in [0.15, 0.2) is 78.2 Å². The SMILES string of the molecule is COC(=O)c1ccccc1NC(=O)c1csc(C2CCN(C(=O)c3ccccc3-c3ccc(C(F)(F)F)cc3)CC2)n1. The molecule has 216 valence electrons. The van der Waals surface area contributed by atoms with Gasteiger partial charge in [0.2, 0.25) is 0 Å². The van der Waals surface area contributed by atoms with E-state index in [4.69, 9.17) is 4.74 Å². The standard InChI is InChI=1S/C31H26F3N3O4S/c1-41-30(40)24-8-4-5-9-25(24)35-27(38)26-18-42-28(36-26)20-14-16-37(17-15-20)29(39)23-7-3-2-6-22(23)19-10-12-21(13-11-19)31(32,33)34/h2-13,18,20H,14-17H2,1H3,(H,35,38). The summed E-state index contributed by atoms with van der Waals surface area (Å²) in [5.41, 5.74) is 1.58. The fourth-order valence-corrected chi connectivity index (χ4v) is 5.88. The van der Waals surface area contributed by atoms with Gasteiger partial charge in [0, 0.05) is 30.0 Å². The maximum atomic E-state index is 13.5. The summed E-state index contributed by atoms with van der Waals surface area (Å²) in [6, 6.07) is 18.2. The number of hydrogen-bond acceptors (Lipinski definition) is 6. The van der Waals surface area contributed by atoms with Gasteiger partial charge in [-0.05, 0) is 54.3 Å². The molecule has 7 nitrogen and oxygen atoms in total.